The van der Waals surface area contributed by atoms with E-state index in [0.29, 0.717) is 0 Å². The van der Waals surface area contributed by atoms with Crippen LogP contribution in [-0.2, 0) is 4.74 Å². The van der Waals surface area contributed by atoms with E-state index in [1.807, 2.05) is 20.8 Å². The van der Waals surface area contributed by atoms with Gasteiger partial charge < -0.3 is 10.1 Å². The third-order valence-electron chi connectivity index (χ3n) is 1.88. The number of hydrogen-bond acceptors (Lipinski definition) is 2. The number of rotatable bonds is 2. The van der Waals surface area contributed by atoms with E-state index >= 15 is 0 Å². The lowest BCUT2D eigenvalue weighted by Crippen LogP contribution is -2.41. The summed E-state index contributed by atoms with van der Waals surface area (Å²) in [4.78, 5) is 11.3. The Bertz CT molecular complexity index is 206. The number of ether oxygens (including phenoxy) is 1. The van der Waals surface area contributed by atoms with Gasteiger partial charge in [0.2, 0.25) is 0 Å². The molecule has 0 heterocycles. The monoisotopic (exact) mass is 297 g/mol. The Morgan fingerprint density at radius 3 is 2.38 bits per heavy atom. The number of halogens is 1. The molecule has 0 radical (unpaired) electrons. The molecule has 76 valence electrons. The molecule has 0 atom stereocenters. The van der Waals surface area contributed by atoms with Gasteiger partial charge in [-0.05, 0) is 33.6 Å². The van der Waals surface area contributed by atoms with Crippen LogP contribution in [0.25, 0.3) is 0 Å². The predicted octanol–water partition coefficient (Wildman–Crippen LogP) is 2.48. The van der Waals surface area contributed by atoms with Gasteiger partial charge in [0.05, 0.1) is 5.54 Å². The minimum atomic E-state index is -0.397. The quantitative estimate of drug-likeness (QED) is 0.628. The molecule has 0 aromatic carbocycles. The Balaban J connectivity index is 2.34. The zero-order chi connectivity index (χ0) is 10.1. The van der Waals surface area contributed by atoms with Crippen LogP contribution >= 0.6 is 22.6 Å². The molecule has 3 nitrogen and oxygen atoms in total. The van der Waals surface area contributed by atoms with Crippen LogP contribution in [0, 0.1) is 0 Å². The molecule has 1 amide bonds. The Hall–Kier alpha value is 0. The van der Waals surface area contributed by atoms with Crippen molar-refractivity contribution in [1.82, 2.24) is 5.32 Å². The lowest BCUT2D eigenvalue weighted by atomic mass is 10.2. The summed E-state index contributed by atoms with van der Waals surface area (Å²) >= 11 is 2.29. The number of alkyl carbamates (subject to hydrolysis) is 1. The van der Waals surface area contributed by atoms with Gasteiger partial charge in [0.1, 0.15) is 5.60 Å². The highest BCUT2D eigenvalue weighted by atomic mass is 127. The second-order valence-electron chi connectivity index (χ2n) is 4.54. The van der Waals surface area contributed by atoms with Gasteiger partial charge in [-0.2, -0.15) is 0 Å². The second-order valence-corrected chi connectivity index (χ2v) is 5.30. The van der Waals surface area contributed by atoms with Crippen molar-refractivity contribution in [2.75, 3.05) is 4.43 Å². The normalized spacial score (nSPS) is 19.4. The van der Waals surface area contributed by atoms with Crippen molar-refractivity contribution < 1.29 is 9.53 Å². The number of carbonyl (C=O) groups excluding carboxylic acids is 1. The van der Waals surface area contributed by atoms with Crippen molar-refractivity contribution in [2.24, 2.45) is 0 Å². The summed E-state index contributed by atoms with van der Waals surface area (Å²) in [7, 11) is 0. The van der Waals surface area contributed by atoms with Crippen molar-refractivity contribution in [2.45, 2.75) is 44.8 Å². The molecule has 0 spiro atoms. The van der Waals surface area contributed by atoms with Crippen LogP contribution in [0.5, 0.6) is 0 Å². The maximum absolute atomic E-state index is 11.3. The highest BCUT2D eigenvalue weighted by molar-refractivity contribution is 14.1. The van der Waals surface area contributed by atoms with Crippen molar-refractivity contribution in [1.29, 1.82) is 0 Å². The summed E-state index contributed by atoms with van der Waals surface area (Å²) in [6, 6.07) is 0. The van der Waals surface area contributed by atoms with Gasteiger partial charge in [0.15, 0.2) is 0 Å². The standard InChI is InChI=1S/C9H16INO2/c1-8(2,3)13-7(12)11-9(6-10)4-5-9/h4-6H2,1-3H3,(H,11,12). The smallest absolute Gasteiger partial charge is 0.408 e. The number of amides is 1. The fourth-order valence-corrected chi connectivity index (χ4v) is 1.92. The van der Waals surface area contributed by atoms with E-state index in [9.17, 15) is 4.79 Å². The maximum atomic E-state index is 11.3. The fourth-order valence-electron chi connectivity index (χ4n) is 0.963. The van der Waals surface area contributed by atoms with Gasteiger partial charge in [-0.15, -0.1) is 0 Å². The van der Waals surface area contributed by atoms with Crippen LogP contribution in [0.2, 0.25) is 0 Å². The van der Waals surface area contributed by atoms with E-state index in [0.717, 1.165) is 17.3 Å². The Kier molecular flexibility index (Phi) is 3.09. The lowest BCUT2D eigenvalue weighted by Gasteiger charge is -2.22. The molecule has 1 aliphatic rings. The van der Waals surface area contributed by atoms with Crippen LogP contribution in [-0.4, -0.2) is 21.7 Å². The van der Waals surface area contributed by atoms with E-state index in [-0.39, 0.29) is 11.6 Å². The molecule has 1 saturated carbocycles. The fraction of sp³-hybridized carbons (Fsp3) is 0.889. The molecule has 1 N–H and O–H groups in total. The van der Waals surface area contributed by atoms with Crippen LogP contribution in [0.4, 0.5) is 4.79 Å². The minimum absolute atomic E-state index is 0.0445. The summed E-state index contributed by atoms with van der Waals surface area (Å²) in [5, 5.41) is 2.90. The summed E-state index contributed by atoms with van der Waals surface area (Å²) in [5.41, 5.74) is -0.353. The van der Waals surface area contributed by atoms with Crippen molar-refractivity contribution >= 4 is 28.7 Å². The van der Waals surface area contributed by atoms with Crippen LogP contribution in [0.3, 0.4) is 0 Å². The average Bonchev–Trinajstić information content (AvgIpc) is 2.65. The molecule has 1 rings (SSSR count). The van der Waals surface area contributed by atoms with E-state index in [1.165, 1.54) is 0 Å². The summed E-state index contributed by atoms with van der Waals surface area (Å²) < 4.78 is 6.12. The van der Waals surface area contributed by atoms with E-state index in [1.54, 1.807) is 0 Å². The highest BCUT2D eigenvalue weighted by Gasteiger charge is 2.43. The van der Waals surface area contributed by atoms with E-state index in [2.05, 4.69) is 27.9 Å². The molecule has 0 aromatic heterocycles. The number of alkyl halides is 1. The minimum Gasteiger partial charge on any atom is -0.444 e. The first-order chi connectivity index (χ1) is 5.87. The lowest BCUT2D eigenvalue weighted by molar-refractivity contribution is 0.0503. The molecular formula is C9H16INO2. The molecule has 0 aliphatic heterocycles. The summed E-state index contributed by atoms with van der Waals surface area (Å²) in [6.07, 6.45) is 1.87. The number of hydrogen-bond donors (Lipinski definition) is 1. The topological polar surface area (TPSA) is 38.3 Å². The molecule has 0 unspecified atom stereocenters. The zero-order valence-electron chi connectivity index (χ0n) is 8.32. The van der Waals surface area contributed by atoms with Crippen molar-refractivity contribution in [3.63, 3.8) is 0 Å². The van der Waals surface area contributed by atoms with E-state index < -0.39 is 5.60 Å². The SMILES string of the molecule is CC(C)(C)OC(=O)NC1(CI)CC1. The van der Waals surface area contributed by atoms with Crippen LogP contribution in [0.1, 0.15) is 33.6 Å². The van der Waals surface area contributed by atoms with Crippen molar-refractivity contribution in [3.8, 4) is 0 Å². The van der Waals surface area contributed by atoms with Gasteiger partial charge in [0, 0.05) is 4.43 Å². The molecular weight excluding hydrogens is 281 g/mol. The third kappa shape index (κ3) is 3.70. The van der Waals surface area contributed by atoms with Crippen LogP contribution < -0.4 is 5.32 Å². The molecule has 4 heteroatoms. The Morgan fingerprint density at radius 1 is 1.54 bits per heavy atom. The molecule has 0 bridgehead atoms. The van der Waals surface area contributed by atoms with Gasteiger partial charge in [-0.3, -0.25) is 0 Å². The molecule has 1 fully saturated rings. The Labute approximate surface area is 92.7 Å². The first-order valence-corrected chi connectivity index (χ1v) is 5.97. The number of carbonyl (C=O) groups is 1. The molecule has 0 aromatic rings. The summed E-state index contributed by atoms with van der Waals surface area (Å²) in [5.74, 6) is 0. The van der Waals surface area contributed by atoms with E-state index in [4.69, 9.17) is 4.74 Å². The summed E-state index contributed by atoms with van der Waals surface area (Å²) in [6.45, 7) is 5.61. The second kappa shape index (κ2) is 3.63. The van der Waals surface area contributed by atoms with Gasteiger partial charge in [0.25, 0.3) is 0 Å². The first kappa shape index (κ1) is 11.1. The highest BCUT2D eigenvalue weighted by Crippen LogP contribution is 2.37. The Morgan fingerprint density at radius 2 is 2.08 bits per heavy atom. The van der Waals surface area contributed by atoms with Gasteiger partial charge in [-0.1, -0.05) is 22.6 Å². The average molecular weight is 297 g/mol. The molecule has 1 aliphatic carbocycles. The van der Waals surface area contributed by atoms with Crippen LogP contribution in [0.15, 0.2) is 0 Å². The number of nitrogens with one attached hydrogen (secondary N) is 1. The predicted molar refractivity (Wildman–Crippen MR) is 60.2 cm³/mol. The molecule has 0 saturated heterocycles. The molecule has 13 heavy (non-hydrogen) atoms. The maximum Gasteiger partial charge on any atom is 0.408 e. The zero-order valence-corrected chi connectivity index (χ0v) is 10.5. The first-order valence-electron chi connectivity index (χ1n) is 4.44. The van der Waals surface area contributed by atoms with Gasteiger partial charge >= 0.3 is 6.09 Å². The van der Waals surface area contributed by atoms with Crippen molar-refractivity contribution in [3.05, 3.63) is 0 Å². The van der Waals surface area contributed by atoms with Gasteiger partial charge in [-0.25, -0.2) is 4.79 Å². The largest absolute Gasteiger partial charge is 0.444 e. The third-order valence-corrected chi connectivity index (χ3v) is 3.34.